The molecule has 2 saturated carbocycles. The van der Waals surface area contributed by atoms with Crippen LogP contribution in [0.25, 0.3) is 0 Å². The van der Waals surface area contributed by atoms with Crippen molar-refractivity contribution in [3.8, 4) is 0 Å². The van der Waals surface area contributed by atoms with Gasteiger partial charge in [0.05, 0.1) is 18.3 Å². The summed E-state index contributed by atoms with van der Waals surface area (Å²) in [5, 5.41) is 0. The minimum Gasteiger partial charge on any atom is -0.469 e. The lowest BCUT2D eigenvalue weighted by Crippen LogP contribution is -2.44. The largest absolute Gasteiger partial charge is 0.469 e. The zero-order valence-corrected chi connectivity index (χ0v) is 11.6. The van der Waals surface area contributed by atoms with Gasteiger partial charge in [-0.2, -0.15) is 0 Å². The maximum atomic E-state index is 12.1. The third kappa shape index (κ3) is 3.23. The fraction of sp³-hybridized carbons (Fsp3) is 0.917. The maximum Gasteiger partial charge on any atom is 0.312 e. The molecule has 0 heterocycles. The monoisotopic (exact) mass is 275 g/mol. The third-order valence-electron chi connectivity index (χ3n) is 3.82. The molecule has 0 saturated heterocycles. The molecule has 0 radical (unpaired) electrons. The van der Waals surface area contributed by atoms with Gasteiger partial charge in [-0.05, 0) is 25.7 Å². The number of hydrogen-bond donors (Lipinski definition) is 1. The Balaban J connectivity index is 2.10. The van der Waals surface area contributed by atoms with Crippen LogP contribution in [-0.2, 0) is 19.6 Å². The number of methoxy groups -OCH3 is 1. The van der Waals surface area contributed by atoms with E-state index in [-0.39, 0.29) is 17.8 Å². The summed E-state index contributed by atoms with van der Waals surface area (Å²) in [6.45, 7) is 0. The maximum absolute atomic E-state index is 12.1. The molecule has 2 fully saturated rings. The minimum absolute atomic E-state index is 0.0910. The quantitative estimate of drug-likeness (QED) is 0.765. The van der Waals surface area contributed by atoms with Crippen LogP contribution >= 0.6 is 0 Å². The number of sulfonamides is 1. The van der Waals surface area contributed by atoms with E-state index in [4.69, 9.17) is 4.74 Å². The van der Waals surface area contributed by atoms with Gasteiger partial charge in [-0.25, -0.2) is 13.1 Å². The molecule has 0 aliphatic heterocycles. The molecule has 6 heteroatoms. The summed E-state index contributed by atoms with van der Waals surface area (Å²) in [6, 6.07) is 0.0910. The van der Waals surface area contributed by atoms with Gasteiger partial charge in [-0.15, -0.1) is 0 Å². The summed E-state index contributed by atoms with van der Waals surface area (Å²) < 4.78 is 31.6. The van der Waals surface area contributed by atoms with Crippen molar-refractivity contribution in [3.05, 3.63) is 0 Å². The smallest absolute Gasteiger partial charge is 0.312 e. The number of ether oxygens (including phenoxy) is 1. The Hall–Kier alpha value is -0.620. The number of hydrogen-bond acceptors (Lipinski definition) is 4. The molecule has 18 heavy (non-hydrogen) atoms. The van der Waals surface area contributed by atoms with Gasteiger partial charge in [0.25, 0.3) is 0 Å². The number of nitrogens with one attached hydrogen (secondary N) is 1. The lowest BCUT2D eigenvalue weighted by atomic mass is 9.75. The Morgan fingerprint density at radius 1 is 1.28 bits per heavy atom. The Morgan fingerprint density at radius 3 is 2.39 bits per heavy atom. The van der Waals surface area contributed by atoms with Gasteiger partial charge in [0.2, 0.25) is 10.0 Å². The molecule has 0 aromatic rings. The second-order valence-electron chi connectivity index (χ2n) is 5.48. The lowest BCUT2D eigenvalue weighted by molar-refractivity contribution is -0.153. The number of rotatable bonds is 5. The first-order valence-corrected chi connectivity index (χ1v) is 8.21. The molecule has 0 aromatic carbocycles. The van der Waals surface area contributed by atoms with Crippen molar-refractivity contribution in [2.45, 2.75) is 51.0 Å². The van der Waals surface area contributed by atoms with Gasteiger partial charge in [-0.3, -0.25) is 4.79 Å². The Labute approximate surface area is 108 Å². The molecule has 0 aromatic heterocycles. The first-order valence-electron chi connectivity index (χ1n) is 6.56. The molecule has 2 aliphatic rings. The summed E-state index contributed by atoms with van der Waals surface area (Å²) in [5.74, 6) is -0.494. The van der Waals surface area contributed by atoms with E-state index in [1.165, 1.54) is 7.11 Å². The van der Waals surface area contributed by atoms with Crippen molar-refractivity contribution in [1.29, 1.82) is 0 Å². The van der Waals surface area contributed by atoms with E-state index in [2.05, 4.69) is 4.72 Å². The summed E-state index contributed by atoms with van der Waals surface area (Å²) in [7, 11) is -2.05. The Kier molecular flexibility index (Phi) is 3.96. The first-order chi connectivity index (χ1) is 8.47. The molecular formula is C12H21NO4S. The highest BCUT2D eigenvalue weighted by molar-refractivity contribution is 7.89. The van der Waals surface area contributed by atoms with E-state index < -0.39 is 15.4 Å². The van der Waals surface area contributed by atoms with Crippen molar-refractivity contribution < 1.29 is 17.9 Å². The third-order valence-corrected chi connectivity index (χ3v) is 5.44. The second kappa shape index (κ2) is 5.17. The van der Waals surface area contributed by atoms with Gasteiger partial charge >= 0.3 is 5.97 Å². The molecule has 2 rings (SSSR count). The summed E-state index contributed by atoms with van der Waals surface area (Å²) in [5.41, 5.74) is -0.826. The van der Waals surface area contributed by atoms with Crippen LogP contribution in [0.1, 0.15) is 44.9 Å². The molecule has 0 bridgehead atoms. The highest BCUT2D eigenvalue weighted by Crippen LogP contribution is 2.38. The predicted octanol–water partition coefficient (Wildman–Crippen LogP) is 1.19. The molecule has 0 spiro atoms. The van der Waals surface area contributed by atoms with E-state index in [9.17, 15) is 13.2 Å². The molecule has 104 valence electrons. The molecular weight excluding hydrogens is 254 g/mol. The highest BCUT2D eigenvalue weighted by atomic mass is 32.2. The van der Waals surface area contributed by atoms with Crippen LogP contribution in [-0.4, -0.2) is 33.3 Å². The highest BCUT2D eigenvalue weighted by Gasteiger charge is 2.45. The first kappa shape index (κ1) is 13.8. The number of esters is 1. The fourth-order valence-corrected chi connectivity index (χ4v) is 4.67. The molecule has 1 N–H and O–H groups in total. The average molecular weight is 275 g/mol. The van der Waals surface area contributed by atoms with Gasteiger partial charge < -0.3 is 4.74 Å². The Bertz CT molecular complexity index is 408. The van der Waals surface area contributed by atoms with Crippen molar-refractivity contribution in [2.24, 2.45) is 5.41 Å². The van der Waals surface area contributed by atoms with Crippen molar-refractivity contribution >= 4 is 16.0 Å². The minimum atomic E-state index is -3.38. The van der Waals surface area contributed by atoms with E-state index in [1.54, 1.807) is 0 Å². The standard InChI is InChI=1S/C12H21NO4S/c1-17-11(14)12(7-3-2-4-8-12)9-18(15,16)13-10-5-6-10/h10,13H,2-9H2,1H3. The number of carbonyl (C=O) groups is 1. The van der Waals surface area contributed by atoms with Crippen LogP contribution in [0.4, 0.5) is 0 Å². The molecule has 0 unspecified atom stereocenters. The van der Waals surface area contributed by atoms with Crippen molar-refractivity contribution in [2.75, 3.05) is 12.9 Å². The van der Waals surface area contributed by atoms with Gasteiger partial charge in [0, 0.05) is 6.04 Å². The zero-order chi connectivity index (χ0) is 13.2. The van der Waals surface area contributed by atoms with Gasteiger partial charge in [0.15, 0.2) is 0 Å². The molecule has 5 nitrogen and oxygen atoms in total. The van der Waals surface area contributed by atoms with Crippen LogP contribution in [0.15, 0.2) is 0 Å². The van der Waals surface area contributed by atoms with E-state index >= 15 is 0 Å². The van der Waals surface area contributed by atoms with Crippen LogP contribution in [0.2, 0.25) is 0 Å². The van der Waals surface area contributed by atoms with Gasteiger partial charge in [0.1, 0.15) is 0 Å². The normalized spacial score (nSPS) is 23.6. The molecule has 2 aliphatic carbocycles. The van der Waals surface area contributed by atoms with E-state index in [1.807, 2.05) is 0 Å². The Morgan fingerprint density at radius 2 is 1.89 bits per heavy atom. The summed E-state index contributed by atoms with van der Waals surface area (Å²) >= 11 is 0. The average Bonchev–Trinajstić information content (AvgIpc) is 3.11. The van der Waals surface area contributed by atoms with Crippen molar-refractivity contribution in [3.63, 3.8) is 0 Å². The van der Waals surface area contributed by atoms with Crippen LogP contribution in [0.5, 0.6) is 0 Å². The summed E-state index contributed by atoms with van der Waals surface area (Å²) in [4.78, 5) is 12.0. The fourth-order valence-electron chi connectivity index (χ4n) is 2.71. The van der Waals surface area contributed by atoms with Crippen LogP contribution < -0.4 is 4.72 Å². The number of carbonyl (C=O) groups excluding carboxylic acids is 1. The molecule has 0 amide bonds. The van der Waals surface area contributed by atoms with E-state index in [0.29, 0.717) is 12.8 Å². The van der Waals surface area contributed by atoms with Crippen LogP contribution in [0, 0.1) is 5.41 Å². The van der Waals surface area contributed by atoms with Crippen molar-refractivity contribution in [1.82, 2.24) is 4.72 Å². The topological polar surface area (TPSA) is 72.5 Å². The predicted molar refractivity (Wildman–Crippen MR) is 67.5 cm³/mol. The van der Waals surface area contributed by atoms with Crippen LogP contribution in [0.3, 0.4) is 0 Å². The molecule has 0 atom stereocenters. The van der Waals surface area contributed by atoms with E-state index in [0.717, 1.165) is 32.1 Å². The SMILES string of the molecule is COC(=O)C1(CS(=O)(=O)NC2CC2)CCCCC1. The zero-order valence-electron chi connectivity index (χ0n) is 10.8. The second-order valence-corrected chi connectivity index (χ2v) is 7.24. The summed E-state index contributed by atoms with van der Waals surface area (Å²) in [6.07, 6.45) is 5.91. The lowest BCUT2D eigenvalue weighted by Gasteiger charge is -2.34. The van der Waals surface area contributed by atoms with Gasteiger partial charge in [-0.1, -0.05) is 19.3 Å².